The van der Waals surface area contributed by atoms with Gasteiger partial charge in [-0.3, -0.25) is 0 Å². The number of rotatable bonds is 1. The van der Waals surface area contributed by atoms with Crippen molar-refractivity contribution in [3.8, 4) is 11.3 Å². The molecule has 0 atom stereocenters. The Morgan fingerprint density at radius 3 is 2.50 bits per heavy atom. The van der Waals surface area contributed by atoms with Crippen molar-refractivity contribution in [3.05, 3.63) is 40.0 Å². The van der Waals surface area contributed by atoms with Gasteiger partial charge in [-0.05, 0) is 12.1 Å². The van der Waals surface area contributed by atoms with E-state index < -0.39 is 6.09 Å². The lowest BCUT2D eigenvalue weighted by molar-refractivity contribution is 0.192. The van der Waals surface area contributed by atoms with Gasteiger partial charge in [-0.2, -0.15) is 9.78 Å². The molecule has 0 amide bonds. The van der Waals surface area contributed by atoms with Gasteiger partial charge in [0.05, 0.1) is 11.2 Å². The molecule has 1 aromatic carbocycles. The molecular formula is C10H6BrClN2O2. The highest BCUT2D eigenvalue weighted by Gasteiger charge is 2.12. The van der Waals surface area contributed by atoms with Crippen molar-refractivity contribution in [3.63, 3.8) is 0 Å². The standard InChI is InChI=1S/C10H6BrClN2O2/c11-7-3-1-6(2-4-7)9-8(12)5-14(13-9)10(15)16/h1-5H,(H,15,16). The highest BCUT2D eigenvalue weighted by Crippen LogP contribution is 2.27. The van der Waals surface area contributed by atoms with Crippen LogP contribution < -0.4 is 0 Å². The molecule has 2 rings (SSSR count). The molecule has 0 spiro atoms. The third-order valence-electron chi connectivity index (χ3n) is 1.98. The van der Waals surface area contributed by atoms with Crippen LogP contribution >= 0.6 is 27.5 Å². The van der Waals surface area contributed by atoms with Crippen LogP contribution in [-0.2, 0) is 0 Å². The summed E-state index contributed by atoms with van der Waals surface area (Å²) in [6, 6.07) is 7.30. The van der Waals surface area contributed by atoms with Crippen molar-refractivity contribution >= 4 is 33.6 Å². The van der Waals surface area contributed by atoms with Crippen molar-refractivity contribution in [2.24, 2.45) is 0 Å². The molecule has 0 unspecified atom stereocenters. The maximum atomic E-state index is 10.7. The summed E-state index contributed by atoms with van der Waals surface area (Å²) < 4.78 is 1.73. The van der Waals surface area contributed by atoms with Gasteiger partial charge in [0.2, 0.25) is 0 Å². The van der Waals surface area contributed by atoms with E-state index in [9.17, 15) is 4.79 Å². The van der Waals surface area contributed by atoms with Gasteiger partial charge in [0.1, 0.15) is 5.69 Å². The van der Waals surface area contributed by atoms with E-state index in [1.807, 2.05) is 24.3 Å². The predicted molar refractivity (Wildman–Crippen MR) is 63.8 cm³/mol. The van der Waals surface area contributed by atoms with E-state index in [1.165, 1.54) is 6.20 Å². The molecule has 0 aliphatic carbocycles. The van der Waals surface area contributed by atoms with Crippen molar-refractivity contribution in [1.29, 1.82) is 0 Å². The molecule has 82 valence electrons. The van der Waals surface area contributed by atoms with E-state index in [-0.39, 0.29) is 0 Å². The Morgan fingerprint density at radius 1 is 1.38 bits per heavy atom. The SMILES string of the molecule is O=C(O)n1cc(Cl)c(-c2ccc(Br)cc2)n1. The summed E-state index contributed by atoms with van der Waals surface area (Å²) in [5, 5.41) is 12.9. The zero-order valence-corrected chi connectivity index (χ0v) is 10.2. The van der Waals surface area contributed by atoms with E-state index in [0.717, 1.165) is 14.7 Å². The van der Waals surface area contributed by atoms with Crippen LogP contribution in [0.1, 0.15) is 0 Å². The highest BCUT2D eigenvalue weighted by molar-refractivity contribution is 9.10. The third-order valence-corrected chi connectivity index (χ3v) is 2.79. The third kappa shape index (κ3) is 2.10. The second-order valence-corrected chi connectivity index (χ2v) is 4.38. The molecule has 0 saturated carbocycles. The molecule has 0 aliphatic rings. The molecule has 4 nitrogen and oxygen atoms in total. The molecule has 0 saturated heterocycles. The summed E-state index contributed by atoms with van der Waals surface area (Å²) in [5.41, 5.74) is 1.23. The predicted octanol–water partition coefficient (Wildman–Crippen LogP) is 3.49. The van der Waals surface area contributed by atoms with Crippen molar-refractivity contribution in [1.82, 2.24) is 9.78 Å². The van der Waals surface area contributed by atoms with Crippen LogP contribution in [0.4, 0.5) is 4.79 Å². The number of nitrogens with zero attached hydrogens (tertiary/aromatic N) is 2. The first-order valence-electron chi connectivity index (χ1n) is 4.32. The quantitative estimate of drug-likeness (QED) is 0.877. The minimum Gasteiger partial charge on any atom is -0.463 e. The van der Waals surface area contributed by atoms with Gasteiger partial charge in [0, 0.05) is 10.0 Å². The summed E-state index contributed by atoms with van der Waals surface area (Å²) >= 11 is 9.22. The number of carboxylic acid groups (broad SMARTS) is 1. The second kappa shape index (κ2) is 4.27. The molecule has 1 aromatic heterocycles. The van der Waals surface area contributed by atoms with Crippen LogP contribution in [0.3, 0.4) is 0 Å². The second-order valence-electron chi connectivity index (χ2n) is 3.06. The molecule has 6 heteroatoms. The van der Waals surface area contributed by atoms with Crippen LogP contribution in [0.25, 0.3) is 11.3 Å². The number of halogens is 2. The van der Waals surface area contributed by atoms with Crippen LogP contribution in [0.15, 0.2) is 34.9 Å². The number of aromatic nitrogens is 2. The summed E-state index contributed by atoms with van der Waals surface area (Å²) in [7, 11) is 0. The van der Waals surface area contributed by atoms with Crippen LogP contribution in [0, 0.1) is 0 Å². The first-order valence-corrected chi connectivity index (χ1v) is 5.49. The number of carbonyl (C=O) groups is 1. The van der Waals surface area contributed by atoms with Crippen molar-refractivity contribution < 1.29 is 9.90 Å². The monoisotopic (exact) mass is 300 g/mol. The molecule has 0 radical (unpaired) electrons. The zero-order valence-electron chi connectivity index (χ0n) is 7.89. The van der Waals surface area contributed by atoms with Crippen LogP contribution in [0.2, 0.25) is 5.02 Å². The van der Waals surface area contributed by atoms with Gasteiger partial charge in [0.15, 0.2) is 0 Å². The van der Waals surface area contributed by atoms with Crippen molar-refractivity contribution in [2.75, 3.05) is 0 Å². The van der Waals surface area contributed by atoms with Gasteiger partial charge in [-0.1, -0.05) is 39.7 Å². The Bertz CT molecular complexity index is 536. The van der Waals surface area contributed by atoms with Crippen LogP contribution in [0.5, 0.6) is 0 Å². The first kappa shape index (κ1) is 11.2. The van der Waals surface area contributed by atoms with E-state index in [1.54, 1.807) is 0 Å². The summed E-state index contributed by atoms with van der Waals surface area (Å²) in [6.07, 6.45) is 0.103. The Kier molecular flexibility index (Phi) is 2.98. The van der Waals surface area contributed by atoms with Crippen LogP contribution in [-0.4, -0.2) is 21.0 Å². The summed E-state index contributed by atoms with van der Waals surface area (Å²) in [4.78, 5) is 10.7. The average molecular weight is 302 g/mol. The van der Waals surface area contributed by atoms with Gasteiger partial charge in [-0.15, -0.1) is 0 Å². The zero-order chi connectivity index (χ0) is 11.7. The topological polar surface area (TPSA) is 55.1 Å². The Balaban J connectivity index is 2.47. The molecule has 1 N–H and O–H groups in total. The minimum atomic E-state index is -1.16. The largest absolute Gasteiger partial charge is 0.463 e. The molecule has 0 aliphatic heterocycles. The normalized spacial score (nSPS) is 10.4. The lowest BCUT2D eigenvalue weighted by Crippen LogP contribution is -2.07. The summed E-state index contributed by atoms with van der Waals surface area (Å²) in [5.74, 6) is 0. The highest BCUT2D eigenvalue weighted by atomic mass is 79.9. The van der Waals surface area contributed by atoms with Gasteiger partial charge in [-0.25, -0.2) is 4.79 Å². The van der Waals surface area contributed by atoms with Gasteiger partial charge >= 0.3 is 6.09 Å². The van der Waals surface area contributed by atoms with E-state index in [0.29, 0.717) is 10.7 Å². The molecule has 0 fully saturated rings. The number of benzene rings is 1. The fourth-order valence-electron chi connectivity index (χ4n) is 1.25. The Hall–Kier alpha value is -1.33. The smallest absolute Gasteiger partial charge is 0.432 e. The maximum Gasteiger partial charge on any atom is 0.432 e. The van der Waals surface area contributed by atoms with Crippen molar-refractivity contribution in [2.45, 2.75) is 0 Å². The first-order chi connectivity index (χ1) is 7.58. The maximum absolute atomic E-state index is 10.7. The van der Waals surface area contributed by atoms with E-state index >= 15 is 0 Å². The molecule has 16 heavy (non-hydrogen) atoms. The lowest BCUT2D eigenvalue weighted by atomic mass is 10.2. The molecular weight excluding hydrogens is 295 g/mol. The Morgan fingerprint density at radius 2 is 2.00 bits per heavy atom. The fourth-order valence-corrected chi connectivity index (χ4v) is 1.76. The van der Waals surface area contributed by atoms with Gasteiger partial charge < -0.3 is 5.11 Å². The molecule has 2 aromatic rings. The van der Waals surface area contributed by atoms with E-state index in [2.05, 4.69) is 21.0 Å². The van der Waals surface area contributed by atoms with Gasteiger partial charge in [0.25, 0.3) is 0 Å². The number of hydrogen-bond acceptors (Lipinski definition) is 2. The molecule has 1 heterocycles. The number of hydrogen-bond donors (Lipinski definition) is 1. The molecule has 0 bridgehead atoms. The Labute approximate surface area is 105 Å². The fraction of sp³-hybridized carbons (Fsp3) is 0. The minimum absolute atomic E-state index is 0.310. The summed E-state index contributed by atoms with van der Waals surface area (Å²) in [6.45, 7) is 0. The van der Waals surface area contributed by atoms with E-state index in [4.69, 9.17) is 16.7 Å². The lowest BCUT2D eigenvalue weighted by Gasteiger charge is -1.97. The average Bonchev–Trinajstić information content (AvgIpc) is 2.62.